The molecule has 36 heavy (non-hydrogen) atoms. The maximum Gasteiger partial charge on any atom is 0.167 e. The number of hydrogen-bond acceptors (Lipinski definition) is 6. The quantitative estimate of drug-likeness (QED) is 0.339. The molecule has 1 N–H and O–H groups in total. The maximum atomic E-state index is 15.0. The number of rotatable bonds is 11. The summed E-state index contributed by atoms with van der Waals surface area (Å²) in [4.78, 5) is 13.4. The van der Waals surface area contributed by atoms with Gasteiger partial charge in [-0.15, -0.1) is 0 Å². The minimum absolute atomic E-state index is 0.0610. The Morgan fingerprint density at radius 2 is 1.69 bits per heavy atom. The number of methoxy groups -OCH3 is 2. The standard InChI is InChI=1S/C29H32FNO5/c1-33-27-11-9-20(16-29(27)34-2)8-10-26(32)23-17-28(36-19-21-6-4-3-5-7-21)24(30)18-25(23)31-22-12-14-35-15-13-22/h3-7,9,11,16-18,22,31H,8,10,12-15,19H2,1-2H3. The third-order valence-electron chi connectivity index (χ3n) is 6.28. The molecule has 1 aliphatic heterocycles. The van der Waals surface area contributed by atoms with E-state index in [1.807, 2.05) is 48.5 Å². The lowest BCUT2D eigenvalue weighted by Crippen LogP contribution is -2.28. The summed E-state index contributed by atoms with van der Waals surface area (Å²) >= 11 is 0. The fourth-order valence-electron chi connectivity index (χ4n) is 4.24. The van der Waals surface area contributed by atoms with Crippen molar-refractivity contribution in [2.45, 2.75) is 38.3 Å². The summed E-state index contributed by atoms with van der Waals surface area (Å²) in [5.74, 6) is 0.712. The van der Waals surface area contributed by atoms with E-state index in [0.29, 0.717) is 42.4 Å². The van der Waals surface area contributed by atoms with E-state index in [1.165, 1.54) is 12.1 Å². The lowest BCUT2D eigenvalue weighted by atomic mass is 9.99. The molecular formula is C29H32FNO5. The van der Waals surface area contributed by atoms with Crippen LogP contribution in [0.1, 0.15) is 40.7 Å². The fourth-order valence-corrected chi connectivity index (χ4v) is 4.24. The second-order valence-corrected chi connectivity index (χ2v) is 8.75. The molecule has 1 aliphatic rings. The number of halogens is 1. The Hall–Kier alpha value is -3.58. The largest absolute Gasteiger partial charge is 0.493 e. The summed E-state index contributed by atoms with van der Waals surface area (Å²) in [6, 6.07) is 18.2. The number of benzene rings is 3. The fraction of sp³-hybridized carbons (Fsp3) is 0.345. The van der Waals surface area contributed by atoms with Crippen LogP contribution in [0.25, 0.3) is 0 Å². The first kappa shape index (κ1) is 25.5. The van der Waals surface area contributed by atoms with E-state index < -0.39 is 5.82 Å². The predicted octanol–water partition coefficient (Wildman–Crippen LogP) is 5.83. The van der Waals surface area contributed by atoms with Crippen molar-refractivity contribution in [2.75, 3.05) is 32.8 Å². The number of ether oxygens (including phenoxy) is 4. The minimum atomic E-state index is -0.503. The van der Waals surface area contributed by atoms with Crippen molar-refractivity contribution in [1.82, 2.24) is 0 Å². The van der Waals surface area contributed by atoms with Crippen LogP contribution in [-0.2, 0) is 17.8 Å². The van der Waals surface area contributed by atoms with Gasteiger partial charge in [0.25, 0.3) is 0 Å². The number of carbonyl (C=O) groups excluding carboxylic acids is 1. The number of nitrogens with one attached hydrogen (secondary N) is 1. The molecule has 0 unspecified atom stereocenters. The topological polar surface area (TPSA) is 66.0 Å². The number of aryl methyl sites for hydroxylation is 1. The van der Waals surface area contributed by atoms with Crippen molar-refractivity contribution >= 4 is 11.5 Å². The SMILES string of the molecule is COc1ccc(CCC(=O)c2cc(OCc3ccccc3)c(F)cc2NC2CCOCC2)cc1OC. The van der Waals surface area contributed by atoms with E-state index in [2.05, 4.69) is 5.32 Å². The molecule has 6 nitrogen and oxygen atoms in total. The third-order valence-corrected chi connectivity index (χ3v) is 6.28. The highest BCUT2D eigenvalue weighted by molar-refractivity contribution is 6.01. The molecule has 7 heteroatoms. The molecule has 0 atom stereocenters. The molecule has 3 aromatic carbocycles. The van der Waals surface area contributed by atoms with Crippen LogP contribution >= 0.6 is 0 Å². The third kappa shape index (κ3) is 6.55. The molecule has 0 aliphatic carbocycles. The van der Waals surface area contributed by atoms with E-state index in [4.69, 9.17) is 18.9 Å². The smallest absolute Gasteiger partial charge is 0.167 e. The van der Waals surface area contributed by atoms with Crippen LogP contribution in [0.2, 0.25) is 0 Å². The zero-order valence-electron chi connectivity index (χ0n) is 20.7. The average molecular weight is 494 g/mol. The zero-order chi connectivity index (χ0) is 25.3. The normalized spacial score (nSPS) is 13.8. The summed E-state index contributed by atoms with van der Waals surface area (Å²) < 4.78 is 36.9. The van der Waals surface area contributed by atoms with Gasteiger partial charge in [-0.3, -0.25) is 4.79 Å². The molecule has 1 fully saturated rings. The van der Waals surface area contributed by atoms with Crippen molar-refractivity contribution in [3.63, 3.8) is 0 Å². The Bertz CT molecular complexity index is 1160. The van der Waals surface area contributed by atoms with Crippen molar-refractivity contribution < 1.29 is 28.1 Å². The van der Waals surface area contributed by atoms with E-state index >= 15 is 4.39 Å². The molecule has 0 spiro atoms. The molecule has 0 radical (unpaired) electrons. The van der Waals surface area contributed by atoms with Gasteiger partial charge in [0.15, 0.2) is 28.8 Å². The summed E-state index contributed by atoms with van der Waals surface area (Å²) in [5, 5.41) is 3.37. The van der Waals surface area contributed by atoms with Gasteiger partial charge in [0.1, 0.15) is 6.61 Å². The van der Waals surface area contributed by atoms with E-state index in [1.54, 1.807) is 14.2 Å². The molecule has 0 bridgehead atoms. The van der Waals surface area contributed by atoms with Gasteiger partial charge < -0.3 is 24.3 Å². The highest BCUT2D eigenvalue weighted by Gasteiger charge is 2.21. The molecule has 0 amide bonds. The van der Waals surface area contributed by atoms with Crippen molar-refractivity contribution in [1.29, 1.82) is 0 Å². The second kappa shape index (κ2) is 12.4. The van der Waals surface area contributed by atoms with Crippen LogP contribution in [-0.4, -0.2) is 39.3 Å². The zero-order valence-corrected chi connectivity index (χ0v) is 20.7. The van der Waals surface area contributed by atoms with Gasteiger partial charge in [-0.25, -0.2) is 4.39 Å². The molecule has 1 saturated heterocycles. The molecule has 0 aromatic heterocycles. The van der Waals surface area contributed by atoms with Gasteiger partial charge in [-0.1, -0.05) is 36.4 Å². The first-order valence-corrected chi connectivity index (χ1v) is 12.2. The van der Waals surface area contributed by atoms with Crippen molar-refractivity contribution in [3.8, 4) is 17.2 Å². The highest BCUT2D eigenvalue weighted by atomic mass is 19.1. The predicted molar refractivity (Wildman–Crippen MR) is 137 cm³/mol. The molecular weight excluding hydrogens is 461 g/mol. The van der Waals surface area contributed by atoms with E-state index in [0.717, 1.165) is 24.0 Å². The molecule has 3 aromatic rings. The Morgan fingerprint density at radius 1 is 0.944 bits per heavy atom. The summed E-state index contributed by atoms with van der Waals surface area (Å²) in [6.07, 6.45) is 2.36. The number of ketones is 1. The van der Waals surface area contributed by atoms with Crippen LogP contribution in [0.15, 0.2) is 60.7 Å². The van der Waals surface area contributed by atoms with Gasteiger partial charge >= 0.3 is 0 Å². The number of Topliss-reactive ketones (excluding diaryl/α,β-unsaturated/α-hetero) is 1. The minimum Gasteiger partial charge on any atom is -0.493 e. The van der Waals surface area contributed by atoms with Crippen LogP contribution in [0, 0.1) is 5.82 Å². The molecule has 0 saturated carbocycles. The lowest BCUT2D eigenvalue weighted by molar-refractivity contribution is 0.0904. The van der Waals surface area contributed by atoms with Gasteiger partial charge in [0.2, 0.25) is 0 Å². The average Bonchev–Trinajstić information content (AvgIpc) is 2.92. The first-order chi connectivity index (χ1) is 17.6. The maximum absolute atomic E-state index is 15.0. The van der Waals surface area contributed by atoms with Crippen LogP contribution in [0.3, 0.4) is 0 Å². The Labute approximate surface area is 211 Å². The van der Waals surface area contributed by atoms with Crippen LogP contribution < -0.4 is 19.5 Å². The number of anilines is 1. The second-order valence-electron chi connectivity index (χ2n) is 8.75. The molecule has 190 valence electrons. The Balaban J connectivity index is 1.54. The van der Waals surface area contributed by atoms with Crippen molar-refractivity contribution in [2.24, 2.45) is 0 Å². The highest BCUT2D eigenvalue weighted by Crippen LogP contribution is 2.31. The van der Waals surface area contributed by atoms with Gasteiger partial charge in [0, 0.05) is 43.0 Å². The van der Waals surface area contributed by atoms with Gasteiger partial charge in [-0.05, 0) is 48.6 Å². The summed E-state index contributed by atoms with van der Waals surface area (Å²) in [7, 11) is 3.16. The van der Waals surface area contributed by atoms with E-state index in [9.17, 15) is 4.79 Å². The summed E-state index contributed by atoms with van der Waals surface area (Å²) in [6.45, 7) is 1.49. The van der Waals surface area contributed by atoms with Crippen molar-refractivity contribution in [3.05, 3.63) is 83.2 Å². The molecule has 4 rings (SSSR count). The first-order valence-electron chi connectivity index (χ1n) is 12.2. The monoisotopic (exact) mass is 493 g/mol. The van der Waals surface area contributed by atoms with E-state index in [-0.39, 0.29) is 30.6 Å². The lowest BCUT2D eigenvalue weighted by Gasteiger charge is -2.25. The molecule has 1 heterocycles. The van der Waals surface area contributed by atoms with Crippen LogP contribution in [0.4, 0.5) is 10.1 Å². The van der Waals surface area contributed by atoms with Crippen LogP contribution in [0.5, 0.6) is 17.2 Å². The van der Waals surface area contributed by atoms with Gasteiger partial charge in [-0.2, -0.15) is 0 Å². The van der Waals surface area contributed by atoms with Gasteiger partial charge in [0.05, 0.1) is 14.2 Å². The summed E-state index contributed by atoms with van der Waals surface area (Å²) in [5.41, 5.74) is 2.78. The number of carbonyl (C=O) groups is 1. The Kier molecular flexibility index (Phi) is 8.79. The Morgan fingerprint density at radius 3 is 2.42 bits per heavy atom. The number of hydrogen-bond donors (Lipinski definition) is 1.